The second-order valence-electron chi connectivity index (χ2n) is 6.74. The highest BCUT2D eigenvalue weighted by Gasteiger charge is 2.43. The summed E-state index contributed by atoms with van der Waals surface area (Å²) in [5, 5.41) is 7.46. The molecule has 1 amide bonds. The van der Waals surface area contributed by atoms with Gasteiger partial charge in [-0.15, -0.1) is 0 Å². The number of aromatic amines is 1. The highest BCUT2D eigenvalue weighted by Crippen LogP contribution is 2.46. The van der Waals surface area contributed by atoms with Crippen LogP contribution < -0.4 is 9.47 Å². The Morgan fingerprint density at radius 3 is 2.57 bits per heavy atom. The van der Waals surface area contributed by atoms with E-state index in [0.29, 0.717) is 18.0 Å². The minimum Gasteiger partial charge on any atom is -0.497 e. The molecule has 1 N–H and O–H groups in total. The minimum absolute atomic E-state index is 0.0404. The van der Waals surface area contributed by atoms with Crippen molar-refractivity contribution in [2.45, 2.75) is 19.4 Å². The van der Waals surface area contributed by atoms with Crippen molar-refractivity contribution in [3.63, 3.8) is 0 Å². The average molecular weight is 377 g/mol. The topological polar surface area (TPSA) is 67.5 Å². The van der Waals surface area contributed by atoms with Crippen molar-refractivity contribution < 1.29 is 14.3 Å². The van der Waals surface area contributed by atoms with Gasteiger partial charge in [-0.1, -0.05) is 37.3 Å². The first-order valence-corrected chi connectivity index (χ1v) is 9.36. The molecule has 0 aliphatic carbocycles. The lowest BCUT2D eigenvalue weighted by molar-refractivity contribution is 0.0742. The first-order chi connectivity index (χ1) is 13.7. The highest BCUT2D eigenvalue weighted by molar-refractivity contribution is 6.00. The molecule has 1 atom stereocenters. The number of hydrogen-bond donors (Lipinski definition) is 1. The molecule has 6 nitrogen and oxygen atoms in total. The molecular weight excluding hydrogens is 354 g/mol. The zero-order valence-electron chi connectivity index (χ0n) is 16.2. The normalized spacial score (nSPS) is 15.6. The second kappa shape index (κ2) is 7.38. The van der Waals surface area contributed by atoms with Crippen molar-refractivity contribution in [1.29, 1.82) is 0 Å². The van der Waals surface area contributed by atoms with Crippen molar-refractivity contribution in [3.05, 3.63) is 65.4 Å². The number of fused-ring (bicyclic) bond motifs is 1. The van der Waals surface area contributed by atoms with Gasteiger partial charge in [0.05, 0.1) is 26.0 Å². The van der Waals surface area contributed by atoms with Crippen LogP contribution in [0.5, 0.6) is 11.5 Å². The van der Waals surface area contributed by atoms with Crippen LogP contribution in [0.15, 0.2) is 48.5 Å². The van der Waals surface area contributed by atoms with Crippen molar-refractivity contribution >= 4 is 5.91 Å². The molecule has 28 heavy (non-hydrogen) atoms. The lowest BCUT2D eigenvalue weighted by atomic mass is 9.95. The van der Waals surface area contributed by atoms with Crippen LogP contribution in [-0.2, 0) is 0 Å². The summed E-state index contributed by atoms with van der Waals surface area (Å²) in [5.74, 6) is 1.40. The molecule has 4 rings (SSSR count). The minimum atomic E-state index is -0.290. The van der Waals surface area contributed by atoms with Crippen LogP contribution in [0.1, 0.15) is 41.0 Å². The van der Waals surface area contributed by atoms with Crippen LogP contribution in [0.4, 0.5) is 0 Å². The predicted octanol–water partition coefficient (Wildman–Crippen LogP) is 4.05. The Kier molecular flexibility index (Phi) is 4.77. The monoisotopic (exact) mass is 377 g/mol. The number of rotatable bonds is 6. The van der Waals surface area contributed by atoms with Crippen LogP contribution in [0.25, 0.3) is 11.3 Å². The molecule has 1 aliphatic rings. The third-order valence-corrected chi connectivity index (χ3v) is 5.11. The van der Waals surface area contributed by atoms with E-state index in [1.54, 1.807) is 14.2 Å². The van der Waals surface area contributed by atoms with E-state index in [0.717, 1.165) is 34.6 Å². The van der Waals surface area contributed by atoms with Crippen LogP contribution in [0, 0.1) is 0 Å². The standard InChI is InChI=1S/C22H23N3O3/c1-4-12-25-21(16-13-15(27-2)10-11-17(16)28-3)18-19(14-8-6-5-7-9-14)23-24-20(18)22(25)26/h5-11,13,21H,4,12H2,1-3H3,(H,23,24)/t21-/m1/s1. The van der Waals surface area contributed by atoms with E-state index < -0.39 is 0 Å². The summed E-state index contributed by atoms with van der Waals surface area (Å²) in [6, 6.07) is 15.3. The number of carbonyl (C=O) groups is 1. The van der Waals surface area contributed by atoms with Gasteiger partial charge >= 0.3 is 0 Å². The Balaban J connectivity index is 1.94. The first kappa shape index (κ1) is 18.1. The van der Waals surface area contributed by atoms with E-state index in [1.807, 2.05) is 53.4 Å². The molecule has 2 heterocycles. The van der Waals surface area contributed by atoms with Crippen LogP contribution in [-0.4, -0.2) is 41.8 Å². The van der Waals surface area contributed by atoms with E-state index in [1.165, 1.54) is 0 Å². The van der Waals surface area contributed by atoms with Crippen molar-refractivity contribution in [1.82, 2.24) is 15.1 Å². The largest absolute Gasteiger partial charge is 0.497 e. The Labute approximate surface area is 164 Å². The average Bonchev–Trinajstić information content (AvgIpc) is 3.28. The van der Waals surface area contributed by atoms with E-state index in [4.69, 9.17) is 9.47 Å². The number of ether oxygens (including phenoxy) is 2. The summed E-state index contributed by atoms with van der Waals surface area (Å²) < 4.78 is 11.1. The number of benzene rings is 2. The first-order valence-electron chi connectivity index (χ1n) is 9.36. The van der Waals surface area contributed by atoms with Gasteiger partial charge in [-0.3, -0.25) is 9.89 Å². The molecule has 2 aromatic carbocycles. The Morgan fingerprint density at radius 2 is 1.89 bits per heavy atom. The van der Waals surface area contributed by atoms with Gasteiger partial charge in [-0.25, -0.2) is 0 Å². The molecule has 3 aromatic rings. The maximum absolute atomic E-state index is 13.2. The summed E-state index contributed by atoms with van der Waals surface area (Å²) in [7, 11) is 3.27. The van der Waals surface area contributed by atoms with Crippen molar-refractivity contribution in [2.24, 2.45) is 0 Å². The quantitative estimate of drug-likeness (QED) is 0.704. The Bertz CT molecular complexity index is 998. The molecule has 0 unspecified atom stereocenters. The zero-order valence-corrected chi connectivity index (χ0v) is 16.2. The van der Waals surface area contributed by atoms with E-state index >= 15 is 0 Å². The summed E-state index contributed by atoms with van der Waals surface area (Å²) in [5.41, 5.74) is 4.08. The molecule has 0 saturated carbocycles. The number of hydrogen-bond acceptors (Lipinski definition) is 4. The summed E-state index contributed by atoms with van der Waals surface area (Å²) >= 11 is 0. The number of H-pyrrole nitrogens is 1. The summed E-state index contributed by atoms with van der Waals surface area (Å²) in [4.78, 5) is 15.0. The van der Waals surface area contributed by atoms with Gasteiger partial charge in [0.1, 0.15) is 17.2 Å². The molecule has 0 radical (unpaired) electrons. The molecule has 0 fully saturated rings. The molecule has 0 spiro atoms. The fourth-order valence-electron chi connectivity index (χ4n) is 3.86. The maximum atomic E-state index is 13.2. The molecule has 0 saturated heterocycles. The smallest absolute Gasteiger partial charge is 0.273 e. The predicted molar refractivity (Wildman–Crippen MR) is 107 cm³/mol. The van der Waals surface area contributed by atoms with Crippen LogP contribution >= 0.6 is 0 Å². The van der Waals surface area contributed by atoms with Gasteiger partial charge in [0.2, 0.25) is 0 Å². The van der Waals surface area contributed by atoms with E-state index in [9.17, 15) is 4.79 Å². The third-order valence-electron chi connectivity index (χ3n) is 5.11. The van der Waals surface area contributed by atoms with Gasteiger partial charge in [0.25, 0.3) is 5.91 Å². The van der Waals surface area contributed by atoms with E-state index in [2.05, 4.69) is 17.1 Å². The lowest BCUT2D eigenvalue weighted by Gasteiger charge is -2.27. The number of aromatic nitrogens is 2. The van der Waals surface area contributed by atoms with Crippen molar-refractivity contribution in [2.75, 3.05) is 20.8 Å². The molecule has 6 heteroatoms. The number of carbonyl (C=O) groups excluding carboxylic acids is 1. The highest BCUT2D eigenvalue weighted by atomic mass is 16.5. The second-order valence-corrected chi connectivity index (χ2v) is 6.74. The van der Waals surface area contributed by atoms with Crippen LogP contribution in [0.2, 0.25) is 0 Å². The summed E-state index contributed by atoms with van der Waals surface area (Å²) in [6.07, 6.45) is 0.854. The molecule has 1 aliphatic heterocycles. The van der Waals surface area contributed by atoms with Gasteiger partial charge in [0.15, 0.2) is 0 Å². The van der Waals surface area contributed by atoms with Gasteiger partial charge in [-0.2, -0.15) is 5.10 Å². The van der Waals surface area contributed by atoms with Gasteiger partial charge in [-0.05, 0) is 24.6 Å². The molecule has 1 aromatic heterocycles. The van der Waals surface area contributed by atoms with E-state index in [-0.39, 0.29) is 11.9 Å². The fraction of sp³-hybridized carbons (Fsp3) is 0.273. The maximum Gasteiger partial charge on any atom is 0.273 e. The van der Waals surface area contributed by atoms with Gasteiger partial charge < -0.3 is 14.4 Å². The molecular formula is C22H23N3O3. The summed E-state index contributed by atoms with van der Waals surface area (Å²) in [6.45, 7) is 2.71. The Morgan fingerprint density at radius 1 is 1.11 bits per heavy atom. The van der Waals surface area contributed by atoms with Crippen LogP contribution in [0.3, 0.4) is 0 Å². The molecule has 0 bridgehead atoms. The number of amides is 1. The molecule has 144 valence electrons. The van der Waals surface area contributed by atoms with Crippen molar-refractivity contribution in [3.8, 4) is 22.8 Å². The third kappa shape index (κ3) is 2.81. The number of nitrogens with zero attached hydrogens (tertiary/aromatic N) is 2. The Hall–Kier alpha value is -3.28. The number of methoxy groups -OCH3 is 2. The lowest BCUT2D eigenvalue weighted by Crippen LogP contribution is -2.30. The van der Waals surface area contributed by atoms with Gasteiger partial charge in [0, 0.05) is 23.2 Å². The number of nitrogens with one attached hydrogen (secondary N) is 1. The SMILES string of the molecule is CCCN1C(=O)c2[nH]nc(-c3ccccc3)c2[C@H]1c1cc(OC)ccc1OC. The fourth-order valence-corrected chi connectivity index (χ4v) is 3.86. The zero-order chi connectivity index (χ0) is 19.7.